The molecule has 0 saturated heterocycles. The van der Waals surface area contributed by atoms with Crippen molar-refractivity contribution < 1.29 is 47.7 Å². The molecule has 0 heterocycles. The van der Waals surface area contributed by atoms with E-state index < -0.39 is 22.9 Å². The molecule has 0 radical (unpaired) electrons. The third-order valence-electron chi connectivity index (χ3n) is 7.79. The molecule has 0 fully saturated rings. The van der Waals surface area contributed by atoms with Gasteiger partial charge in [-0.2, -0.15) is 0 Å². The molecule has 4 aromatic carbocycles. The van der Waals surface area contributed by atoms with E-state index in [0.29, 0.717) is 11.8 Å². The van der Waals surface area contributed by atoms with Crippen LogP contribution < -0.4 is 24.8 Å². The van der Waals surface area contributed by atoms with Crippen LogP contribution in [-0.2, 0) is 22.9 Å². The SMILES string of the molecule is CC1=[C]([Hf+2][C]2=C(C)C(c3cccc4ccccc34)=CC2C)C(C)C=C1c1cccc2ccccc12.[Cl-].[Cl-]. The first kappa shape index (κ1) is 27.8. The number of benzene rings is 4. The minimum atomic E-state index is -1.19. The van der Waals surface area contributed by atoms with Crippen molar-refractivity contribution in [2.24, 2.45) is 11.8 Å². The summed E-state index contributed by atoms with van der Waals surface area (Å²) in [5, 5.41) is 5.39. The van der Waals surface area contributed by atoms with Crippen molar-refractivity contribution in [2.75, 3.05) is 0 Å². The van der Waals surface area contributed by atoms with Gasteiger partial charge in [0.2, 0.25) is 0 Å². The van der Waals surface area contributed by atoms with Gasteiger partial charge in [0.1, 0.15) is 0 Å². The van der Waals surface area contributed by atoms with Gasteiger partial charge >= 0.3 is 221 Å². The summed E-state index contributed by atoms with van der Waals surface area (Å²) in [6, 6.07) is 31.1. The number of hydrogen-bond donors (Lipinski definition) is 0. The summed E-state index contributed by atoms with van der Waals surface area (Å²) < 4.78 is 3.53. The largest absolute Gasteiger partial charge is 1.00 e. The van der Waals surface area contributed by atoms with Crippen molar-refractivity contribution >= 4 is 32.7 Å². The Labute approximate surface area is 244 Å². The van der Waals surface area contributed by atoms with Crippen molar-refractivity contribution in [1.29, 1.82) is 0 Å². The number of hydrogen-bond acceptors (Lipinski definition) is 0. The van der Waals surface area contributed by atoms with E-state index in [1.165, 1.54) is 43.8 Å². The van der Waals surface area contributed by atoms with Crippen LogP contribution in [0.15, 0.2) is 115 Å². The summed E-state index contributed by atoms with van der Waals surface area (Å²) in [5.41, 5.74) is 8.80. The Balaban J connectivity index is 0.00000160. The van der Waals surface area contributed by atoms with Crippen LogP contribution in [0.3, 0.4) is 0 Å². The normalized spacial score (nSPS) is 18.9. The molecule has 0 N–H and O–H groups in total. The molecule has 6 rings (SSSR count). The van der Waals surface area contributed by atoms with Gasteiger partial charge in [0.25, 0.3) is 0 Å². The number of halogens is 2. The van der Waals surface area contributed by atoms with Gasteiger partial charge in [-0.3, -0.25) is 0 Å². The molecule has 0 bridgehead atoms. The maximum Gasteiger partial charge on any atom is -1.00 e. The fourth-order valence-corrected chi connectivity index (χ4v) is 11.5. The Kier molecular flexibility index (Phi) is 8.48. The van der Waals surface area contributed by atoms with E-state index in [1.807, 2.05) is 0 Å². The third kappa shape index (κ3) is 4.87. The maximum absolute atomic E-state index is 2.54. The molecule has 37 heavy (non-hydrogen) atoms. The van der Waals surface area contributed by atoms with Gasteiger partial charge in [-0.1, -0.05) is 0 Å². The van der Waals surface area contributed by atoms with Crippen LogP contribution >= 0.6 is 0 Å². The van der Waals surface area contributed by atoms with Crippen LogP contribution in [0.25, 0.3) is 32.7 Å². The van der Waals surface area contributed by atoms with E-state index in [9.17, 15) is 0 Å². The van der Waals surface area contributed by atoms with Crippen molar-refractivity contribution in [3.63, 3.8) is 0 Å². The van der Waals surface area contributed by atoms with Crippen LogP contribution in [0.5, 0.6) is 0 Å². The summed E-state index contributed by atoms with van der Waals surface area (Å²) in [7, 11) is 0. The van der Waals surface area contributed by atoms with E-state index in [-0.39, 0.29) is 24.8 Å². The van der Waals surface area contributed by atoms with E-state index in [1.54, 1.807) is 17.8 Å². The van der Waals surface area contributed by atoms with E-state index in [2.05, 4.69) is 125 Å². The molecule has 0 aromatic heterocycles. The Hall–Kier alpha value is -2.19. The average Bonchev–Trinajstić information content (AvgIpc) is 3.33. The van der Waals surface area contributed by atoms with E-state index >= 15 is 0 Å². The summed E-state index contributed by atoms with van der Waals surface area (Å²) in [6.07, 6.45) is 5.07. The van der Waals surface area contributed by atoms with Gasteiger partial charge in [-0.25, -0.2) is 0 Å². The topological polar surface area (TPSA) is 0 Å². The number of allylic oxidation sites excluding steroid dienone is 8. The molecule has 0 nitrogen and oxygen atoms in total. The predicted octanol–water partition coefficient (Wildman–Crippen LogP) is 3.40. The minimum absolute atomic E-state index is 0. The summed E-state index contributed by atoms with van der Waals surface area (Å²) in [5.74, 6) is 1.09. The van der Waals surface area contributed by atoms with Gasteiger partial charge in [-0.15, -0.1) is 0 Å². The Morgan fingerprint density at radius 3 is 1.32 bits per heavy atom. The second kappa shape index (κ2) is 11.3. The predicted molar refractivity (Wildman–Crippen MR) is 148 cm³/mol. The number of rotatable bonds is 4. The fraction of sp³-hybridized carbons (Fsp3) is 0.176. The van der Waals surface area contributed by atoms with Crippen LogP contribution in [-0.4, -0.2) is 0 Å². The molecule has 2 aliphatic carbocycles. The molecule has 0 spiro atoms. The van der Waals surface area contributed by atoms with Gasteiger partial charge in [-0.05, 0) is 0 Å². The Morgan fingerprint density at radius 2 is 0.892 bits per heavy atom. The zero-order valence-corrected chi connectivity index (χ0v) is 26.8. The Morgan fingerprint density at radius 1 is 0.514 bits per heavy atom. The first-order valence-corrected chi connectivity index (χ1v) is 16.2. The van der Waals surface area contributed by atoms with Gasteiger partial charge in [0.15, 0.2) is 0 Å². The van der Waals surface area contributed by atoms with Crippen molar-refractivity contribution in [1.82, 2.24) is 0 Å². The molecule has 2 aliphatic rings. The van der Waals surface area contributed by atoms with Crippen molar-refractivity contribution in [3.05, 3.63) is 126 Å². The molecule has 0 amide bonds. The minimum Gasteiger partial charge on any atom is -1.00 e. The molecule has 4 aromatic rings. The quantitative estimate of drug-likeness (QED) is 0.289. The van der Waals surface area contributed by atoms with Crippen LogP contribution in [0.1, 0.15) is 38.8 Å². The van der Waals surface area contributed by atoms with Crippen LogP contribution in [0.4, 0.5) is 0 Å². The van der Waals surface area contributed by atoms with Crippen molar-refractivity contribution in [3.8, 4) is 0 Å². The van der Waals surface area contributed by atoms with Crippen LogP contribution in [0, 0.1) is 11.8 Å². The molecule has 0 aliphatic heterocycles. The fourth-order valence-electron chi connectivity index (χ4n) is 5.95. The molecular formula is C34H30Cl2Hf. The van der Waals surface area contributed by atoms with Gasteiger partial charge in [0.05, 0.1) is 0 Å². The maximum atomic E-state index is 2.54. The summed E-state index contributed by atoms with van der Waals surface area (Å²) in [6.45, 7) is 9.60. The zero-order chi connectivity index (χ0) is 24.1. The summed E-state index contributed by atoms with van der Waals surface area (Å²) in [4.78, 5) is 0. The molecular weight excluding hydrogens is 658 g/mol. The zero-order valence-electron chi connectivity index (χ0n) is 21.6. The summed E-state index contributed by atoms with van der Waals surface area (Å²) >= 11 is -1.19. The molecule has 2 atom stereocenters. The Bertz CT molecular complexity index is 1490. The smallest absolute Gasteiger partial charge is 1.00 e. The second-order valence-electron chi connectivity index (χ2n) is 9.99. The average molecular weight is 688 g/mol. The first-order valence-electron chi connectivity index (χ1n) is 12.6. The molecule has 0 saturated carbocycles. The van der Waals surface area contributed by atoms with Crippen molar-refractivity contribution in [2.45, 2.75) is 27.7 Å². The standard InChI is InChI=1S/2C17H15.2ClH.Hf/c2*1-12-10-13(2)17(11-12)16-9-5-7-14-6-3-4-8-15(14)16;;;/h2*3-9,11-12H,1-2H3;2*1H;/q;;;;+2/p-2. The van der Waals surface area contributed by atoms with E-state index in [0.717, 1.165) is 0 Å². The molecule has 3 heteroatoms. The number of fused-ring (bicyclic) bond motifs is 2. The first-order chi connectivity index (χ1) is 17.0. The monoisotopic (exact) mass is 688 g/mol. The third-order valence-corrected chi connectivity index (χ3v) is 15.7. The van der Waals surface area contributed by atoms with Gasteiger partial charge < -0.3 is 24.8 Å². The van der Waals surface area contributed by atoms with E-state index in [4.69, 9.17) is 0 Å². The van der Waals surface area contributed by atoms with Gasteiger partial charge in [0, 0.05) is 0 Å². The second-order valence-corrected chi connectivity index (χ2v) is 14.8. The molecule has 2 unspecified atom stereocenters. The van der Waals surface area contributed by atoms with Crippen LogP contribution in [0.2, 0.25) is 0 Å². The molecule has 184 valence electrons.